The highest BCUT2D eigenvalue weighted by atomic mass is 127. The van der Waals surface area contributed by atoms with Crippen LogP contribution < -0.4 is 0 Å². The van der Waals surface area contributed by atoms with Gasteiger partial charge in [-0.2, -0.15) is 0 Å². The van der Waals surface area contributed by atoms with Crippen molar-refractivity contribution in [2.75, 3.05) is 0 Å². The average molecular weight is 187 g/mol. The third kappa shape index (κ3) is 2.75. The van der Waals surface area contributed by atoms with Gasteiger partial charge in [0.25, 0.3) is 0 Å². The van der Waals surface area contributed by atoms with Crippen LogP contribution >= 0.6 is 30.3 Å². The van der Waals surface area contributed by atoms with E-state index in [1.165, 1.54) is 9.12 Å². The summed E-state index contributed by atoms with van der Waals surface area (Å²) in [5.41, 5.74) is 0. The van der Waals surface area contributed by atoms with Gasteiger partial charge in [-0.05, 0) is 6.72 Å². The monoisotopic (exact) mass is 187 g/mol. The third-order valence-electron chi connectivity index (χ3n) is 0.0488. The standard InChI is InChI=1S/CH2INS/c1-3-4-2/h1H2. The molecule has 0 amide bonds. The maximum absolute atomic E-state index is 3.39. The zero-order valence-corrected chi connectivity index (χ0v) is 4.91. The Morgan fingerprint density at radius 3 is 2.25 bits per heavy atom. The summed E-state index contributed by atoms with van der Waals surface area (Å²) in [6.07, 6.45) is 0. The van der Waals surface area contributed by atoms with E-state index < -0.39 is 0 Å². The number of halogens is 1. The van der Waals surface area contributed by atoms with Crippen LogP contribution in [0.25, 0.3) is 0 Å². The van der Waals surface area contributed by atoms with Crippen molar-refractivity contribution < 1.29 is 0 Å². The molecule has 0 N–H and O–H groups in total. The molecule has 0 atom stereocenters. The smallest absolute Gasteiger partial charge is 0.0461 e. The van der Waals surface area contributed by atoms with Gasteiger partial charge in [0.15, 0.2) is 0 Å². The molecule has 0 heterocycles. The molecule has 0 aromatic carbocycles. The van der Waals surface area contributed by atoms with Crippen LogP contribution in [0.1, 0.15) is 0 Å². The van der Waals surface area contributed by atoms with Crippen LogP contribution in [-0.4, -0.2) is 6.72 Å². The van der Waals surface area contributed by atoms with Crippen molar-refractivity contribution >= 4 is 37.0 Å². The van der Waals surface area contributed by atoms with Crippen LogP contribution in [0.5, 0.6) is 0 Å². The summed E-state index contributed by atoms with van der Waals surface area (Å²) >= 11 is 2.04. The molecule has 0 fully saturated rings. The molecular weight excluding hydrogens is 185 g/mol. The van der Waals surface area contributed by atoms with E-state index in [0.29, 0.717) is 0 Å². The fourth-order valence-electron chi connectivity index (χ4n) is 0. The molecule has 0 aliphatic carbocycles. The highest BCUT2D eigenvalue weighted by Gasteiger charge is 1.47. The Hall–Kier alpha value is 0.750. The Balaban J connectivity index is 2.30. The molecule has 4 heavy (non-hydrogen) atoms. The van der Waals surface area contributed by atoms with E-state index in [2.05, 4.69) is 11.1 Å². The van der Waals surface area contributed by atoms with Crippen LogP contribution in [0.15, 0.2) is 4.40 Å². The molecule has 0 unspecified atom stereocenters. The SMILES string of the molecule is C=NSI. The van der Waals surface area contributed by atoms with Gasteiger partial charge in [-0.15, -0.1) is 0 Å². The summed E-state index contributed by atoms with van der Waals surface area (Å²) in [6, 6.07) is 0. The summed E-state index contributed by atoms with van der Waals surface area (Å²) < 4.78 is 3.39. The first kappa shape index (κ1) is 4.75. The van der Waals surface area contributed by atoms with E-state index in [4.69, 9.17) is 0 Å². The van der Waals surface area contributed by atoms with E-state index >= 15 is 0 Å². The number of hydrogen-bond donors (Lipinski definition) is 0. The van der Waals surface area contributed by atoms with Gasteiger partial charge in [-0.1, -0.05) is 0 Å². The summed E-state index contributed by atoms with van der Waals surface area (Å²) in [7, 11) is 1.34. The first-order chi connectivity index (χ1) is 1.91. The van der Waals surface area contributed by atoms with Crippen molar-refractivity contribution in [3.8, 4) is 0 Å². The summed E-state index contributed by atoms with van der Waals surface area (Å²) in [5, 5.41) is 0. The minimum absolute atomic E-state index is 1.34. The molecule has 0 aromatic rings. The van der Waals surface area contributed by atoms with Crippen molar-refractivity contribution in [3.63, 3.8) is 0 Å². The van der Waals surface area contributed by atoms with Gasteiger partial charge in [0, 0.05) is 30.3 Å². The first-order valence-electron chi connectivity index (χ1n) is 0.653. The number of rotatable bonds is 1. The van der Waals surface area contributed by atoms with Gasteiger partial charge >= 0.3 is 0 Å². The highest BCUT2D eigenvalue weighted by Crippen LogP contribution is 2.08. The van der Waals surface area contributed by atoms with Crippen molar-refractivity contribution in [1.29, 1.82) is 0 Å². The van der Waals surface area contributed by atoms with Gasteiger partial charge in [0.1, 0.15) is 0 Å². The average Bonchev–Trinajstić information content (AvgIpc) is 1.37. The largest absolute Gasteiger partial charge is 0.222 e. The molecule has 0 aliphatic heterocycles. The lowest BCUT2D eigenvalue weighted by molar-refractivity contribution is 2.07. The Morgan fingerprint density at radius 1 is 2.00 bits per heavy atom. The van der Waals surface area contributed by atoms with Crippen LogP contribution in [0, 0.1) is 0 Å². The molecule has 0 rings (SSSR count). The van der Waals surface area contributed by atoms with Crippen molar-refractivity contribution in [2.24, 2.45) is 4.40 Å². The molecule has 0 aliphatic rings. The van der Waals surface area contributed by atoms with Crippen LogP contribution in [0.3, 0.4) is 0 Å². The maximum Gasteiger partial charge on any atom is 0.0461 e. The molecule has 1 nitrogen and oxygen atoms in total. The Bertz CT molecular complexity index is 22.0. The molecule has 0 bridgehead atoms. The third-order valence-corrected chi connectivity index (χ3v) is 0.982. The second kappa shape index (κ2) is 3.75. The van der Waals surface area contributed by atoms with Crippen molar-refractivity contribution in [3.05, 3.63) is 0 Å². The lowest BCUT2D eigenvalue weighted by atomic mass is 11.8. The van der Waals surface area contributed by atoms with Crippen LogP contribution in [-0.2, 0) is 0 Å². The lowest BCUT2D eigenvalue weighted by Crippen LogP contribution is -1.15. The fourth-order valence-corrected chi connectivity index (χ4v) is 0. The van der Waals surface area contributed by atoms with Crippen molar-refractivity contribution in [2.45, 2.75) is 0 Å². The van der Waals surface area contributed by atoms with E-state index in [-0.39, 0.29) is 0 Å². The van der Waals surface area contributed by atoms with E-state index in [1.54, 1.807) is 0 Å². The predicted octanol–water partition coefficient (Wildman–Crippen LogP) is 1.69. The maximum atomic E-state index is 3.39. The minimum atomic E-state index is 1.34. The zero-order valence-electron chi connectivity index (χ0n) is 1.94. The summed E-state index contributed by atoms with van der Waals surface area (Å²) in [6.45, 7) is 3.18. The number of nitrogens with zero attached hydrogens (tertiary/aromatic N) is 1. The first-order valence-corrected chi connectivity index (χ1v) is 3.97. The summed E-state index contributed by atoms with van der Waals surface area (Å²) in [4.78, 5) is 0. The molecular formula is CH2INS. The molecule has 24 valence electrons. The topological polar surface area (TPSA) is 12.4 Å². The van der Waals surface area contributed by atoms with Crippen molar-refractivity contribution in [1.82, 2.24) is 0 Å². The van der Waals surface area contributed by atoms with Gasteiger partial charge in [0.2, 0.25) is 0 Å². The number of hydrogen-bond acceptors (Lipinski definition) is 2. The Labute approximate surface area is 41.6 Å². The minimum Gasteiger partial charge on any atom is -0.222 e. The normalized spacial score (nSPS) is 6.25. The molecule has 3 heteroatoms. The van der Waals surface area contributed by atoms with Gasteiger partial charge in [-0.25, -0.2) is 4.40 Å². The lowest BCUT2D eigenvalue weighted by Gasteiger charge is -1.56. The zero-order chi connectivity index (χ0) is 3.41. The summed E-state index contributed by atoms with van der Waals surface area (Å²) in [5.74, 6) is 0. The quantitative estimate of drug-likeness (QED) is 0.345. The molecule has 0 saturated heterocycles. The highest BCUT2D eigenvalue weighted by molar-refractivity contribution is 14.2. The Kier molecular flexibility index (Phi) is 4.45. The van der Waals surface area contributed by atoms with E-state index in [0.717, 1.165) is 0 Å². The fraction of sp³-hybridized carbons (Fsp3) is 0. The van der Waals surface area contributed by atoms with E-state index in [9.17, 15) is 0 Å². The predicted molar refractivity (Wildman–Crippen MR) is 31.2 cm³/mol. The molecule has 0 radical (unpaired) electrons. The second-order valence-corrected chi connectivity index (χ2v) is 1.78. The molecule has 0 spiro atoms. The van der Waals surface area contributed by atoms with Gasteiger partial charge in [-0.3, -0.25) is 0 Å². The molecule has 0 saturated carbocycles. The van der Waals surface area contributed by atoms with Crippen LogP contribution in [0.4, 0.5) is 0 Å². The molecule has 0 aromatic heterocycles. The van der Waals surface area contributed by atoms with E-state index in [1.807, 2.05) is 21.2 Å². The van der Waals surface area contributed by atoms with Crippen LogP contribution in [0.2, 0.25) is 0 Å². The van der Waals surface area contributed by atoms with Gasteiger partial charge < -0.3 is 0 Å². The second-order valence-electron chi connectivity index (χ2n) is 0.198. The Morgan fingerprint density at radius 2 is 2.25 bits per heavy atom. The van der Waals surface area contributed by atoms with Gasteiger partial charge in [0.05, 0.1) is 0 Å².